The van der Waals surface area contributed by atoms with Gasteiger partial charge >= 0.3 is 5.97 Å². The van der Waals surface area contributed by atoms with Crippen LogP contribution in [-0.4, -0.2) is 44.7 Å². The molecular formula is C20H23NO5. The van der Waals surface area contributed by atoms with E-state index in [2.05, 4.69) is 0 Å². The lowest BCUT2D eigenvalue weighted by Gasteiger charge is -2.40. The summed E-state index contributed by atoms with van der Waals surface area (Å²) in [5.41, 5.74) is 1.71. The molecule has 0 aromatic heterocycles. The van der Waals surface area contributed by atoms with Crippen molar-refractivity contribution >= 4 is 11.9 Å². The first kappa shape index (κ1) is 16.9. The Labute approximate surface area is 152 Å². The van der Waals surface area contributed by atoms with Gasteiger partial charge in [-0.1, -0.05) is 6.08 Å². The van der Waals surface area contributed by atoms with Crippen LogP contribution in [-0.2, 0) is 20.7 Å². The molecule has 1 aromatic rings. The highest BCUT2D eigenvalue weighted by Crippen LogP contribution is 2.59. The first-order valence-electron chi connectivity index (χ1n) is 8.93. The van der Waals surface area contributed by atoms with Crippen molar-refractivity contribution in [1.29, 1.82) is 0 Å². The Kier molecular flexibility index (Phi) is 3.93. The van der Waals surface area contributed by atoms with Gasteiger partial charge in [0.2, 0.25) is 0 Å². The van der Waals surface area contributed by atoms with E-state index in [-0.39, 0.29) is 17.9 Å². The van der Waals surface area contributed by atoms with E-state index in [0.29, 0.717) is 30.0 Å². The number of carbonyl (C=O) groups excluding carboxylic acids is 2. The zero-order chi connectivity index (χ0) is 18.5. The van der Waals surface area contributed by atoms with Crippen molar-refractivity contribution < 1.29 is 23.8 Å². The van der Waals surface area contributed by atoms with E-state index in [0.717, 1.165) is 30.4 Å². The number of methoxy groups -OCH3 is 3. The molecule has 138 valence electrons. The molecule has 0 radical (unpaired) electrons. The van der Waals surface area contributed by atoms with E-state index in [9.17, 15) is 9.59 Å². The van der Waals surface area contributed by atoms with Crippen LogP contribution < -0.4 is 9.47 Å². The standard InChI is InChI=1S/C20H23NO5/c1-24-15-10-12-7-9-21-17(13(12)11-16(15)25-2)20(19(23)26-3)8-5-4-6-14(20)18(21)22/h6,10-11,17H,4-5,7-9H2,1-3H3/t17-,20-/m1/s1. The summed E-state index contributed by atoms with van der Waals surface area (Å²) in [5.74, 6) is 0.900. The first-order valence-corrected chi connectivity index (χ1v) is 8.93. The van der Waals surface area contributed by atoms with E-state index in [1.807, 2.05) is 23.1 Å². The molecule has 0 unspecified atom stereocenters. The second-order valence-corrected chi connectivity index (χ2v) is 7.03. The second-order valence-electron chi connectivity index (χ2n) is 7.03. The third-order valence-corrected chi connectivity index (χ3v) is 5.99. The van der Waals surface area contributed by atoms with E-state index in [1.165, 1.54) is 7.11 Å². The molecule has 0 saturated carbocycles. The van der Waals surface area contributed by atoms with Gasteiger partial charge in [-0.15, -0.1) is 0 Å². The Morgan fingerprint density at radius 1 is 1.19 bits per heavy atom. The summed E-state index contributed by atoms with van der Waals surface area (Å²) >= 11 is 0. The average molecular weight is 357 g/mol. The number of ether oxygens (including phenoxy) is 3. The number of nitrogens with zero attached hydrogens (tertiary/aromatic N) is 1. The molecule has 0 spiro atoms. The number of fused-ring (bicyclic) bond motifs is 5. The molecule has 4 rings (SSSR count). The predicted molar refractivity (Wildman–Crippen MR) is 94.1 cm³/mol. The fourth-order valence-electron chi connectivity index (χ4n) is 4.86. The van der Waals surface area contributed by atoms with Crippen LogP contribution in [0.5, 0.6) is 11.5 Å². The maximum atomic E-state index is 13.1. The second kappa shape index (κ2) is 6.04. The van der Waals surface area contributed by atoms with Crippen LogP contribution in [0.2, 0.25) is 0 Å². The number of amides is 1. The van der Waals surface area contributed by atoms with Crippen molar-refractivity contribution in [3.05, 3.63) is 34.9 Å². The zero-order valence-electron chi connectivity index (χ0n) is 15.3. The summed E-state index contributed by atoms with van der Waals surface area (Å²) in [5, 5.41) is 0. The molecule has 1 saturated heterocycles. The van der Waals surface area contributed by atoms with E-state index in [4.69, 9.17) is 14.2 Å². The summed E-state index contributed by atoms with van der Waals surface area (Å²) in [6.45, 7) is 0.585. The number of carbonyl (C=O) groups is 2. The van der Waals surface area contributed by atoms with Gasteiger partial charge in [0.25, 0.3) is 5.91 Å². The molecular weight excluding hydrogens is 334 g/mol. The molecule has 1 aromatic carbocycles. The van der Waals surface area contributed by atoms with Crippen molar-refractivity contribution in [2.24, 2.45) is 5.41 Å². The molecule has 2 aliphatic heterocycles. The van der Waals surface area contributed by atoms with Crippen LogP contribution in [0.25, 0.3) is 0 Å². The third kappa shape index (κ3) is 2.04. The Bertz CT molecular complexity index is 815. The fourth-order valence-corrected chi connectivity index (χ4v) is 4.86. The Balaban J connectivity index is 1.95. The predicted octanol–water partition coefficient (Wildman–Crippen LogP) is 2.41. The largest absolute Gasteiger partial charge is 0.493 e. The number of hydrogen-bond donors (Lipinski definition) is 0. The van der Waals surface area contributed by atoms with Crippen LogP contribution in [0.1, 0.15) is 36.4 Å². The lowest BCUT2D eigenvalue weighted by molar-refractivity contribution is -0.153. The molecule has 3 aliphatic rings. The van der Waals surface area contributed by atoms with Gasteiger partial charge in [0.05, 0.1) is 27.4 Å². The molecule has 1 fully saturated rings. The minimum atomic E-state index is -0.932. The quantitative estimate of drug-likeness (QED) is 0.778. The summed E-state index contributed by atoms with van der Waals surface area (Å²) in [7, 11) is 4.60. The molecule has 0 bridgehead atoms. The summed E-state index contributed by atoms with van der Waals surface area (Å²) in [4.78, 5) is 27.9. The fraction of sp³-hybridized carbons (Fsp3) is 0.500. The highest BCUT2D eigenvalue weighted by atomic mass is 16.5. The lowest BCUT2D eigenvalue weighted by Crippen LogP contribution is -2.43. The molecule has 6 heteroatoms. The van der Waals surface area contributed by atoms with Gasteiger partial charge < -0.3 is 19.1 Å². The summed E-state index contributed by atoms with van der Waals surface area (Å²) in [6, 6.07) is 3.53. The number of rotatable bonds is 3. The lowest BCUT2D eigenvalue weighted by atomic mass is 9.67. The van der Waals surface area contributed by atoms with Gasteiger partial charge in [0, 0.05) is 12.1 Å². The van der Waals surface area contributed by atoms with E-state index < -0.39 is 5.41 Å². The maximum Gasteiger partial charge on any atom is 0.318 e. The summed E-state index contributed by atoms with van der Waals surface area (Å²) in [6.07, 6.45) is 4.95. The normalized spacial score (nSPS) is 26.4. The van der Waals surface area contributed by atoms with Crippen LogP contribution in [0.3, 0.4) is 0 Å². The molecule has 1 amide bonds. The van der Waals surface area contributed by atoms with Crippen molar-refractivity contribution in [2.45, 2.75) is 31.7 Å². The van der Waals surface area contributed by atoms with E-state index in [1.54, 1.807) is 14.2 Å². The maximum absolute atomic E-state index is 13.1. The monoisotopic (exact) mass is 357 g/mol. The van der Waals surface area contributed by atoms with Crippen LogP contribution >= 0.6 is 0 Å². The van der Waals surface area contributed by atoms with Crippen molar-refractivity contribution in [3.8, 4) is 11.5 Å². The van der Waals surface area contributed by atoms with E-state index >= 15 is 0 Å². The van der Waals surface area contributed by atoms with Gasteiger partial charge in [0.15, 0.2) is 11.5 Å². The number of allylic oxidation sites excluding steroid dienone is 1. The Morgan fingerprint density at radius 2 is 1.92 bits per heavy atom. The Hall–Kier alpha value is -2.50. The molecule has 1 aliphatic carbocycles. The van der Waals surface area contributed by atoms with Crippen molar-refractivity contribution in [1.82, 2.24) is 4.90 Å². The topological polar surface area (TPSA) is 65.1 Å². The van der Waals surface area contributed by atoms with Gasteiger partial charge in [-0.2, -0.15) is 0 Å². The Morgan fingerprint density at radius 3 is 2.62 bits per heavy atom. The molecule has 2 atom stereocenters. The van der Waals surface area contributed by atoms with Crippen LogP contribution in [0.4, 0.5) is 0 Å². The first-order chi connectivity index (χ1) is 12.6. The minimum absolute atomic E-state index is 0.0412. The number of esters is 1. The van der Waals surface area contributed by atoms with Gasteiger partial charge in [-0.25, -0.2) is 0 Å². The van der Waals surface area contributed by atoms with Crippen molar-refractivity contribution in [2.75, 3.05) is 27.9 Å². The van der Waals surface area contributed by atoms with Gasteiger partial charge in [-0.3, -0.25) is 9.59 Å². The summed E-state index contributed by atoms with van der Waals surface area (Å²) < 4.78 is 16.1. The highest BCUT2D eigenvalue weighted by molar-refractivity contribution is 6.06. The van der Waals surface area contributed by atoms with Gasteiger partial charge in [0.1, 0.15) is 5.41 Å². The van der Waals surface area contributed by atoms with Crippen LogP contribution in [0, 0.1) is 5.41 Å². The number of hydrogen-bond acceptors (Lipinski definition) is 5. The third-order valence-electron chi connectivity index (χ3n) is 5.99. The molecule has 6 nitrogen and oxygen atoms in total. The average Bonchev–Trinajstić information content (AvgIpc) is 2.96. The smallest absolute Gasteiger partial charge is 0.318 e. The number of benzene rings is 1. The highest BCUT2D eigenvalue weighted by Gasteiger charge is 2.62. The molecule has 0 N–H and O–H groups in total. The molecule has 26 heavy (non-hydrogen) atoms. The SMILES string of the molecule is COC(=O)[C@]12CCCC=C1C(=O)N1CCc3cc(OC)c(OC)cc3[C@@H]12. The van der Waals surface area contributed by atoms with Crippen LogP contribution in [0.15, 0.2) is 23.8 Å². The molecule has 2 heterocycles. The zero-order valence-corrected chi connectivity index (χ0v) is 15.3. The van der Waals surface area contributed by atoms with Gasteiger partial charge in [-0.05, 0) is 48.9 Å². The minimum Gasteiger partial charge on any atom is -0.493 e. The van der Waals surface area contributed by atoms with Crippen molar-refractivity contribution in [3.63, 3.8) is 0 Å².